The number of nitrogens with zero attached hydrogens (tertiary/aromatic N) is 1. The molecule has 0 fully saturated rings. The zero-order valence-electron chi connectivity index (χ0n) is 14.9. The predicted molar refractivity (Wildman–Crippen MR) is 105 cm³/mol. The topological polar surface area (TPSA) is 79.0 Å². The van der Waals surface area contributed by atoms with Gasteiger partial charge in [0.1, 0.15) is 17.3 Å². The Hall–Kier alpha value is -1.80. The Labute approximate surface area is 155 Å². The smallest absolute Gasteiger partial charge is 0.144 e. The SMILES string of the molecule is COc1ccccc1N1c2ccc(F)cc2CC(C(C)CCN)S1(O)O. The molecule has 0 aromatic heterocycles. The van der Waals surface area contributed by atoms with Gasteiger partial charge in [-0.25, -0.2) is 8.70 Å². The molecule has 0 spiro atoms. The van der Waals surface area contributed by atoms with Crippen molar-refractivity contribution in [3.8, 4) is 5.75 Å². The summed E-state index contributed by atoms with van der Waals surface area (Å²) in [6.07, 6.45) is 1.05. The van der Waals surface area contributed by atoms with Gasteiger partial charge in [-0.1, -0.05) is 19.1 Å². The number of fused-ring (bicyclic) bond motifs is 1. The largest absolute Gasteiger partial charge is 0.495 e. The van der Waals surface area contributed by atoms with Crippen LogP contribution in [0.15, 0.2) is 42.5 Å². The lowest BCUT2D eigenvalue weighted by atomic mass is 9.96. The van der Waals surface area contributed by atoms with Crippen LogP contribution in [0.3, 0.4) is 0 Å². The van der Waals surface area contributed by atoms with E-state index in [9.17, 15) is 13.5 Å². The molecule has 1 heterocycles. The minimum atomic E-state index is -3.22. The summed E-state index contributed by atoms with van der Waals surface area (Å²) in [5.41, 5.74) is 7.57. The van der Waals surface area contributed by atoms with E-state index in [0.29, 0.717) is 36.5 Å². The molecule has 2 unspecified atom stereocenters. The van der Waals surface area contributed by atoms with Crippen LogP contribution in [0.25, 0.3) is 0 Å². The van der Waals surface area contributed by atoms with Crippen molar-refractivity contribution in [1.82, 2.24) is 0 Å². The highest BCUT2D eigenvalue weighted by atomic mass is 32.3. The minimum Gasteiger partial charge on any atom is -0.495 e. The van der Waals surface area contributed by atoms with Crippen molar-refractivity contribution >= 4 is 22.2 Å². The molecule has 7 heteroatoms. The van der Waals surface area contributed by atoms with Gasteiger partial charge in [0, 0.05) is 0 Å². The third-order valence-electron chi connectivity index (χ3n) is 4.92. The van der Waals surface area contributed by atoms with E-state index in [4.69, 9.17) is 10.5 Å². The van der Waals surface area contributed by atoms with Gasteiger partial charge >= 0.3 is 0 Å². The fourth-order valence-electron chi connectivity index (χ4n) is 3.56. The van der Waals surface area contributed by atoms with Crippen LogP contribution in [-0.4, -0.2) is 28.0 Å². The molecule has 0 saturated heterocycles. The van der Waals surface area contributed by atoms with E-state index in [1.807, 2.05) is 19.1 Å². The molecule has 0 aliphatic carbocycles. The average Bonchev–Trinajstić information content (AvgIpc) is 2.61. The second-order valence-electron chi connectivity index (χ2n) is 6.60. The third kappa shape index (κ3) is 3.27. The van der Waals surface area contributed by atoms with Crippen LogP contribution < -0.4 is 14.8 Å². The quantitative estimate of drug-likeness (QED) is 0.709. The predicted octanol–water partition coefficient (Wildman–Crippen LogP) is 4.55. The number of benzene rings is 2. The molecular formula is C19H25FN2O3S. The molecule has 1 aliphatic rings. The summed E-state index contributed by atoms with van der Waals surface area (Å²) >= 11 is 0. The first-order valence-electron chi connectivity index (χ1n) is 8.59. The van der Waals surface area contributed by atoms with Crippen molar-refractivity contribution in [2.45, 2.75) is 25.0 Å². The zero-order chi connectivity index (χ0) is 18.9. The molecule has 2 atom stereocenters. The molecule has 4 N–H and O–H groups in total. The summed E-state index contributed by atoms with van der Waals surface area (Å²) in [6.45, 7) is 2.41. The molecule has 5 nitrogen and oxygen atoms in total. The monoisotopic (exact) mass is 380 g/mol. The second kappa shape index (κ2) is 7.44. The van der Waals surface area contributed by atoms with Crippen LogP contribution in [0.5, 0.6) is 5.75 Å². The lowest BCUT2D eigenvalue weighted by Gasteiger charge is -2.54. The van der Waals surface area contributed by atoms with Gasteiger partial charge in [-0.3, -0.25) is 9.11 Å². The number of anilines is 2. The number of hydrogen-bond donors (Lipinski definition) is 3. The Morgan fingerprint density at radius 3 is 2.69 bits per heavy atom. The zero-order valence-corrected chi connectivity index (χ0v) is 15.7. The van der Waals surface area contributed by atoms with Gasteiger partial charge in [-0.05, 0) is 61.2 Å². The Morgan fingerprint density at radius 2 is 2.00 bits per heavy atom. The number of halogens is 1. The van der Waals surface area contributed by atoms with Crippen LogP contribution in [0, 0.1) is 11.7 Å². The summed E-state index contributed by atoms with van der Waals surface area (Å²) in [7, 11) is -1.69. The maximum atomic E-state index is 13.9. The number of para-hydroxylation sites is 2. The summed E-state index contributed by atoms with van der Waals surface area (Å²) in [4.78, 5) is 0. The van der Waals surface area contributed by atoms with E-state index in [1.54, 1.807) is 18.2 Å². The molecule has 0 amide bonds. The molecule has 2 aromatic carbocycles. The van der Waals surface area contributed by atoms with Crippen molar-refractivity contribution < 1.29 is 18.2 Å². The highest BCUT2D eigenvalue weighted by molar-refractivity contribution is 8.26. The van der Waals surface area contributed by atoms with Crippen molar-refractivity contribution in [2.75, 3.05) is 18.0 Å². The van der Waals surface area contributed by atoms with E-state index in [-0.39, 0.29) is 11.7 Å². The maximum absolute atomic E-state index is 13.9. The third-order valence-corrected chi connectivity index (χ3v) is 7.29. The van der Waals surface area contributed by atoms with Crippen LogP contribution in [0.1, 0.15) is 18.9 Å². The summed E-state index contributed by atoms with van der Waals surface area (Å²) in [5.74, 6) is 0.154. The first-order valence-corrected chi connectivity index (χ1v) is 10.2. The van der Waals surface area contributed by atoms with Crippen LogP contribution in [-0.2, 0) is 6.42 Å². The summed E-state index contributed by atoms with van der Waals surface area (Å²) in [5, 5.41) is -0.453. The van der Waals surface area contributed by atoms with Gasteiger partial charge in [0.2, 0.25) is 0 Å². The molecule has 2 aromatic rings. The molecule has 1 aliphatic heterocycles. The standard InChI is InChI=1S/C19H25FN2O3S/c1-13(9-10-21)19-12-14-11-15(20)7-8-16(14)22(26(19,23)24)17-5-3-4-6-18(17)25-2/h3-8,11,13,19,23-24H,9-10,12,21H2,1-2H3. The Kier molecular flexibility index (Phi) is 5.43. The first-order chi connectivity index (χ1) is 12.4. The van der Waals surface area contributed by atoms with Crippen molar-refractivity contribution in [2.24, 2.45) is 11.7 Å². The summed E-state index contributed by atoms with van der Waals surface area (Å²) < 4.78 is 43.3. The molecule has 0 saturated carbocycles. The fourth-order valence-corrected chi connectivity index (χ4v) is 5.90. The van der Waals surface area contributed by atoms with E-state index in [0.717, 1.165) is 5.56 Å². The number of hydrogen-bond acceptors (Lipinski definition) is 5. The first kappa shape index (κ1) is 19.0. The lowest BCUT2D eigenvalue weighted by Crippen LogP contribution is -2.41. The van der Waals surface area contributed by atoms with Gasteiger partial charge in [0.05, 0.1) is 18.0 Å². The molecule has 0 bridgehead atoms. The van der Waals surface area contributed by atoms with Gasteiger partial charge < -0.3 is 10.5 Å². The van der Waals surface area contributed by atoms with Gasteiger partial charge in [-0.15, -0.1) is 10.8 Å². The van der Waals surface area contributed by atoms with Crippen LogP contribution >= 0.6 is 10.8 Å². The number of rotatable bonds is 5. The summed E-state index contributed by atoms with van der Waals surface area (Å²) in [6, 6.07) is 11.6. The van der Waals surface area contributed by atoms with E-state index in [2.05, 4.69) is 0 Å². The van der Waals surface area contributed by atoms with E-state index >= 15 is 0 Å². The normalized spacial score (nSPS) is 21.0. The lowest BCUT2D eigenvalue weighted by molar-refractivity contribution is 0.406. The Bertz CT molecular complexity index is 787. The van der Waals surface area contributed by atoms with Gasteiger partial charge in [0.25, 0.3) is 0 Å². The Balaban J connectivity index is 2.19. The van der Waals surface area contributed by atoms with Crippen LogP contribution in [0.4, 0.5) is 15.8 Å². The minimum absolute atomic E-state index is 0.0291. The molecule has 3 rings (SSSR count). The van der Waals surface area contributed by atoms with Gasteiger partial charge in [0.15, 0.2) is 0 Å². The van der Waals surface area contributed by atoms with Crippen LogP contribution in [0.2, 0.25) is 0 Å². The van der Waals surface area contributed by atoms with E-state index < -0.39 is 16.0 Å². The second-order valence-corrected chi connectivity index (χ2v) is 8.69. The molecule has 26 heavy (non-hydrogen) atoms. The molecule has 142 valence electrons. The number of methoxy groups -OCH3 is 1. The van der Waals surface area contributed by atoms with Crippen molar-refractivity contribution in [1.29, 1.82) is 0 Å². The Morgan fingerprint density at radius 1 is 1.27 bits per heavy atom. The number of ether oxygens (including phenoxy) is 1. The highest BCUT2D eigenvalue weighted by Gasteiger charge is 2.43. The maximum Gasteiger partial charge on any atom is 0.144 e. The van der Waals surface area contributed by atoms with Crippen molar-refractivity contribution in [3.63, 3.8) is 0 Å². The van der Waals surface area contributed by atoms with Gasteiger partial charge in [-0.2, -0.15) is 0 Å². The molecule has 0 radical (unpaired) electrons. The fraction of sp³-hybridized carbons (Fsp3) is 0.368. The van der Waals surface area contributed by atoms with Crippen molar-refractivity contribution in [3.05, 3.63) is 53.8 Å². The molecular weight excluding hydrogens is 355 g/mol. The highest BCUT2D eigenvalue weighted by Crippen LogP contribution is 2.62. The average molecular weight is 380 g/mol. The van der Waals surface area contributed by atoms with E-state index in [1.165, 1.54) is 23.5 Å². The number of nitrogens with two attached hydrogens (primary N) is 1.